The van der Waals surface area contributed by atoms with Crippen LogP contribution in [-0.4, -0.2) is 31.5 Å². The van der Waals surface area contributed by atoms with Crippen molar-refractivity contribution in [2.24, 2.45) is 5.41 Å². The molecule has 2 aromatic heterocycles. The summed E-state index contributed by atoms with van der Waals surface area (Å²) in [4.78, 5) is 12.5. The lowest BCUT2D eigenvalue weighted by molar-refractivity contribution is 0.0244. The van der Waals surface area contributed by atoms with Crippen LogP contribution in [0.25, 0.3) is 11.2 Å². The molecule has 0 spiro atoms. The molecular formula is C12H18N5OP. The normalized spacial score (nSPS) is 24.8. The third-order valence-electron chi connectivity index (χ3n) is 4.05. The van der Waals surface area contributed by atoms with Crippen molar-refractivity contribution in [2.45, 2.75) is 32.4 Å². The lowest BCUT2D eigenvalue weighted by Gasteiger charge is -2.21. The molecule has 6 nitrogen and oxygen atoms in total. The first-order chi connectivity index (χ1) is 8.99. The zero-order chi connectivity index (χ0) is 13.7. The minimum Gasteiger partial charge on any atom is -0.382 e. The molecule has 0 aromatic carbocycles. The summed E-state index contributed by atoms with van der Waals surface area (Å²) in [7, 11) is 2.62. The number of nitrogens with two attached hydrogens (primary N) is 1. The summed E-state index contributed by atoms with van der Waals surface area (Å²) in [5, 5.41) is 0. The van der Waals surface area contributed by atoms with Crippen molar-refractivity contribution < 1.29 is 4.74 Å². The SMILES string of the molecule is CC1(C)CC1(Cn1cnc2c(N)ncnc21)OCP. The van der Waals surface area contributed by atoms with Gasteiger partial charge in [-0.3, -0.25) is 0 Å². The summed E-state index contributed by atoms with van der Waals surface area (Å²) >= 11 is 0. The zero-order valence-electron chi connectivity index (χ0n) is 11.1. The van der Waals surface area contributed by atoms with E-state index in [1.165, 1.54) is 6.33 Å². The van der Waals surface area contributed by atoms with E-state index in [0.717, 1.165) is 18.6 Å². The highest BCUT2D eigenvalue weighted by Crippen LogP contribution is 2.59. The van der Waals surface area contributed by atoms with Crippen molar-refractivity contribution in [3.8, 4) is 0 Å². The number of fused-ring (bicyclic) bond motifs is 1. The van der Waals surface area contributed by atoms with Gasteiger partial charge in [0.05, 0.1) is 24.8 Å². The maximum Gasteiger partial charge on any atom is 0.165 e. The van der Waals surface area contributed by atoms with Gasteiger partial charge in [0.25, 0.3) is 0 Å². The Morgan fingerprint density at radius 2 is 2.16 bits per heavy atom. The number of rotatable bonds is 4. The van der Waals surface area contributed by atoms with E-state index in [1.54, 1.807) is 6.33 Å². The van der Waals surface area contributed by atoms with Crippen LogP contribution in [-0.2, 0) is 11.3 Å². The lowest BCUT2D eigenvalue weighted by atomic mass is 10.1. The number of anilines is 1. The third-order valence-corrected chi connectivity index (χ3v) is 4.22. The van der Waals surface area contributed by atoms with E-state index in [2.05, 4.69) is 38.0 Å². The van der Waals surface area contributed by atoms with Crippen LogP contribution in [0.1, 0.15) is 20.3 Å². The molecule has 1 saturated carbocycles. The van der Waals surface area contributed by atoms with Crippen LogP contribution in [0.2, 0.25) is 0 Å². The van der Waals surface area contributed by atoms with E-state index in [9.17, 15) is 0 Å². The number of hydrogen-bond donors (Lipinski definition) is 1. The average molecular weight is 279 g/mol. The van der Waals surface area contributed by atoms with E-state index < -0.39 is 0 Å². The second kappa shape index (κ2) is 4.12. The van der Waals surface area contributed by atoms with Crippen LogP contribution in [0.3, 0.4) is 0 Å². The van der Waals surface area contributed by atoms with Crippen molar-refractivity contribution >= 4 is 26.2 Å². The molecule has 0 bridgehead atoms. The van der Waals surface area contributed by atoms with Crippen molar-refractivity contribution in [1.82, 2.24) is 19.5 Å². The summed E-state index contributed by atoms with van der Waals surface area (Å²) in [5.74, 6) is 0.417. The summed E-state index contributed by atoms with van der Waals surface area (Å²) in [6.07, 6.45) is 4.90. The number of hydrogen-bond acceptors (Lipinski definition) is 5. The minimum atomic E-state index is -0.137. The molecule has 2 aromatic rings. The van der Waals surface area contributed by atoms with Gasteiger partial charge in [-0.15, -0.1) is 9.24 Å². The fourth-order valence-electron chi connectivity index (χ4n) is 2.68. The molecule has 19 heavy (non-hydrogen) atoms. The van der Waals surface area contributed by atoms with Crippen LogP contribution in [0.15, 0.2) is 12.7 Å². The number of nitrogen functional groups attached to an aromatic ring is 1. The number of aromatic nitrogens is 4. The Balaban J connectivity index is 1.96. The van der Waals surface area contributed by atoms with Crippen LogP contribution in [0.5, 0.6) is 0 Å². The Morgan fingerprint density at radius 3 is 2.79 bits per heavy atom. The monoisotopic (exact) mass is 279 g/mol. The molecule has 0 aliphatic heterocycles. The van der Waals surface area contributed by atoms with Crippen LogP contribution < -0.4 is 5.73 Å². The van der Waals surface area contributed by atoms with Gasteiger partial charge in [-0.25, -0.2) is 15.0 Å². The van der Waals surface area contributed by atoms with E-state index in [0.29, 0.717) is 17.7 Å². The molecule has 0 amide bonds. The quantitative estimate of drug-likeness (QED) is 0.856. The standard InChI is InChI=1S/C12H18N5OP/c1-11(2)3-12(11,18-7-19)4-17-6-16-8-9(13)14-5-15-10(8)17/h5-6H,3-4,7,19H2,1-2H3,(H2,13,14,15). The van der Waals surface area contributed by atoms with Gasteiger partial charge in [0.1, 0.15) is 11.8 Å². The Bertz CT molecular complexity index is 626. The number of nitrogens with zero attached hydrogens (tertiary/aromatic N) is 4. The number of imidazole rings is 1. The number of ether oxygens (including phenoxy) is 1. The largest absolute Gasteiger partial charge is 0.382 e. The highest BCUT2D eigenvalue weighted by atomic mass is 31.0. The third kappa shape index (κ3) is 1.90. The Kier molecular flexibility index (Phi) is 2.76. The molecule has 7 heteroatoms. The van der Waals surface area contributed by atoms with E-state index in [1.807, 2.05) is 4.57 Å². The maximum atomic E-state index is 5.95. The van der Waals surface area contributed by atoms with Crippen LogP contribution in [0, 0.1) is 5.41 Å². The Labute approximate surface area is 114 Å². The summed E-state index contributed by atoms with van der Waals surface area (Å²) in [5.41, 5.74) is 7.26. The molecule has 2 heterocycles. The molecular weight excluding hydrogens is 261 g/mol. The summed E-state index contributed by atoms with van der Waals surface area (Å²) in [6, 6.07) is 0. The molecule has 3 rings (SSSR count). The zero-order valence-corrected chi connectivity index (χ0v) is 12.3. The van der Waals surface area contributed by atoms with E-state index >= 15 is 0 Å². The van der Waals surface area contributed by atoms with Crippen molar-refractivity contribution in [3.05, 3.63) is 12.7 Å². The van der Waals surface area contributed by atoms with E-state index in [4.69, 9.17) is 10.5 Å². The summed E-state index contributed by atoms with van der Waals surface area (Å²) in [6.45, 7) is 5.17. The average Bonchev–Trinajstić information content (AvgIpc) is 2.70. The van der Waals surface area contributed by atoms with Gasteiger partial charge in [0.2, 0.25) is 0 Å². The second-order valence-electron chi connectivity index (χ2n) is 5.67. The predicted molar refractivity (Wildman–Crippen MR) is 76.5 cm³/mol. The van der Waals surface area contributed by atoms with Gasteiger partial charge in [-0.05, 0) is 11.8 Å². The molecule has 2 atom stereocenters. The fraction of sp³-hybridized carbons (Fsp3) is 0.583. The molecule has 1 aliphatic carbocycles. The summed E-state index contributed by atoms with van der Waals surface area (Å²) < 4.78 is 7.95. The highest BCUT2D eigenvalue weighted by molar-refractivity contribution is 7.16. The van der Waals surface area contributed by atoms with Gasteiger partial charge >= 0.3 is 0 Å². The maximum absolute atomic E-state index is 5.95. The lowest BCUT2D eigenvalue weighted by Crippen LogP contribution is -2.27. The molecule has 0 saturated heterocycles. The van der Waals surface area contributed by atoms with Gasteiger partial charge in [-0.2, -0.15) is 0 Å². The molecule has 1 fully saturated rings. The first-order valence-electron chi connectivity index (χ1n) is 6.24. The van der Waals surface area contributed by atoms with Crippen LogP contribution in [0.4, 0.5) is 5.82 Å². The van der Waals surface area contributed by atoms with Crippen molar-refractivity contribution in [3.63, 3.8) is 0 Å². The smallest absolute Gasteiger partial charge is 0.165 e. The minimum absolute atomic E-state index is 0.137. The van der Waals surface area contributed by atoms with Gasteiger partial charge in [-0.1, -0.05) is 13.8 Å². The van der Waals surface area contributed by atoms with Crippen LogP contribution >= 0.6 is 9.24 Å². The Hall–Kier alpha value is -1.26. The van der Waals surface area contributed by atoms with Gasteiger partial charge in [0, 0.05) is 0 Å². The van der Waals surface area contributed by atoms with Crippen molar-refractivity contribution in [2.75, 3.05) is 12.1 Å². The molecule has 1 aliphatic rings. The fourth-order valence-corrected chi connectivity index (χ4v) is 3.00. The van der Waals surface area contributed by atoms with E-state index in [-0.39, 0.29) is 11.0 Å². The first-order valence-corrected chi connectivity index (χ1v) is 7.06. The topological polar surface area (TPSA) is 78.9 Å². The predicted octanol–water partition coefficient (Wildman–Crippen LogP) is 1.43. The molecule has 0 radical (unpaired) electrons. The molecule has 2 N–H and O–H groups in total. The highest BCUT2D eigenvalue weighted by Gasteiger charge is 2.62. The van der Waals surface area contributed by atoms with Gasteiger partial charge < -0.3 is 15.0 Å². The van der Waals surface area contributed by atoms with Crippen molar-refractivity contribution in [1.29, 1.82) is 0 Å². The molecule has 2 unspecified atom stereocenters. The molecule has 102 valence electrons. The first kappa shape index (κ1) is 12.8. The second-order valence-corrected chi connectivity index (χ2v) is 6.00. The Morgan fingerprint density at radius 1 is 1.42 bits per heavy atom. The van der Waals surface area contributed by atoms with Gasteiger partial charge in [0.15, 0.2) is 11.5 Å².